The number of hydrogen-bond donors (Lipinski definition) is 0. The van der Waals surface area contributed by atoms with E-state index in [9.17, 15) is 29.8 Å². The molecule has 0 amide bonds. The van der Waals surface area contributed by atoms with E-state index in [1.54, 1.807) is 30.3 Å². The van der Waals surface area contributed by atoms with Crippen LogP contribution in [0.5, 0.6) is 0 Å². The number of aromatic nitrogens is 1. The van der Waals surface area contributed by atoms with Crippen LogP contribution >= 0.6 is 23.2 Å². The van der Waals surface area contributed by atoms with Crippen LogP contribution in [0.25, 0.3) is 22.2 Å². The van der Waals surface area contributed by atoms with Crippen molar-refractivity contribution in [2.45, 2.75) is 0 Å². The third kappa shape index (κ3) is 3.28. The second kappa shape index (κ2) is 7.29. The van der Waals surface area contributed by atoms with Gasteiger partial charge in [0.1, 0.15) is 5.52 Å². The molecule has 0 aliphatic heterocycles. The molecule has 0 saturated carbocycles. The maximum absolute atomic E-state index is 12.1. The van der Waals surface area contributed by atoms with Crippen molar-refractivity contribution in [1.29, 1.82) is 0 Å². The fourth-order valence-electron chi connectivity index (χ4n) is 2.78. The van der Waals surface area contributed by atoms with Crippen LogP contribution in [0.1, 0.15) is 20.7 Å². The minimum Gasteiger partial charge on any atom is -0.276 e. The van der Waals surface area contributed by atoms with Crippen molar-refractivity contribution in [2.75, 3.05) is 0 Å². The van der Waals surface area contributed by atoms with Gasteiger partial charge in [0.05, 0.1) is 32.7 Å². The van der Waals surface area contributed by atoms with Gasteiger partial charge in [0, 0.05) is 17.0 Å². The van der Waals surface area contributed by atoms with E-state index in [1.807, 2.05) is 0 Å². The van der Waals surface area contributed by atoms with Crippen LogP contribution in [0, 0.1) is 20.2 Å². The Kier molecular flexibility index (Phi) is 5.04. The van der Waals surface area contributed by atoms with Gasteiger partial charge in [-0.2, -0.15) is 0 Å². The van der Waals surface area contributed by atoms with Gasteiger partial charge in [0.25, 0.3) is 16.2 Å². The van der Waals surface area contributed by atoms with Crippen LogP contribution < -0.4 is 0 Å². The van der Waals surface area contributed by atoms with Crippen LogP contribution in [-0.4, -0.2) is 25.3 Å². The highest BCUT2D eigenvalue weighted by Gasteiger charge is 2.30. The van der Waals surface area contributed by atoms with Crippen molar-refractivity contribution in [1.82, 2.24) is 4.98 Å². The number of carbonyl (C=O) groups is 2. The number of non-ortho nitro benzene ring substituents is 2. The molecule has 1 heterocycles. The van der Waals surface area contributed by atoms with Crippen LogP contribution in [0.4, 0.5) is 11.4 Å². The quantitative estimate of drug-likeness (QED) is 0.338. The fourth-order valence-corrected chi connectivity index (χ4v) is 3.16. The topological polar surface area (TPSA) is 133 Å². The summed E-state index contributed by atoms with van der Waals surface area (Å²) in [5, 5.41) is 20.1. The van der Waals surface area contributed by atoms with Crippen molar-refractivity contribution < 1.29 is 19.4 Å². The average Bonchev–Trinajstić information content (AvgIpc) is 2.65. The van der Waals surface area contributed by atoms with E-state index in [4.69, 9.17) is 23.2 Å². The van der Waals surface area contributed by atoms with Crippen LogP contribution in [0.15, 0.2) is 42.5 Å². The van der Waals surface area contributed by atoms with Gasteiger partial charge in [-0.05, 0) is 23.2 Å². The molecule has 28 heavy (non-hydrogen) atoms. The minimum atomic E-state index is -1.16. The Morgan fingerprint density at radius 1 is 0.893 bits per heavy atom. The molecule has 9 nitrogen and oxygen atoms in total. The van der Waals surface area contributed by atoms with E-state index in [1.165, 1.54) is 0 Å². The largest absolute Gasteiger partial charge is 0.302 e. The lowest BCUT2D eigenvalue weighted by molar-refractivity contribution is -0.393. The fraction of sp³-hybridized carbons (Fsp3) is 0. The third-order valence-electron chi connectivity index (χ3n) is 3.90. The molecule has 0 bridgehead atoms. The Morgan fingerprint density at radius 3 is 2.00 bits per heavy atom. The maximum Gasteiger partial charge on any atom is 0.302 e. The first-order valence-corrected chi connectivity index (χ1v) is 8.23. The summed E-state index contributed by atoms with van der Waals surface area (Å²) < 4.78 is 0. The van der Waals surface area contributed by atoms with Gasteiger partial charge in [0.15, 0.2) is 0 Å². The standard InChI is InChI=1S/C17H7Cl2N3O6/c18-16(23)12-10-6-9(21(25)26)7-11(22(27)28)15(10)20-14(13(12)17(19)24)8-4-2-1-3-5-8/h1-7H. The van der Waals surface area contributed by atoms with E-state index in [0.717, 1.165) is 12.1 Å². The minimum absolute atomic E-state index is 0.103. The lowest BCUT2D eigenvalue weighted by Gasteiger charge is -2.12. The van der Waals surface area contributed by atoms with Gasteiger partial charge in [-0.25, -0.2) is 4.98 Å². The number of nitro benzene ring substituents is 2. The molecule has 0 spiro atoms. The highest BCUT2D eigenvalue weighted by molar-refractivity contribution is 6.73. The molecule has 3 aromatic rings. The number of nitro groups is 2. The summed E-state index contributed by atoms with van der Waals surface area (Å²) in [7, 11) is 0. The normalized spacial score (nSPS) is 10.6. The van der Waals surface area contributed by atoms with Crippen LogP contribution in [-0.2, 0) is 0 Å². The van der Waals surface area contributed by atoms with Gasteiger partial charge in [-0.15, -0.1) is 0 Å². The lowest BCUT2D eigenvalue weighted by atomic mass is 9.97. The first-order valence-electron chi connectivity index (χ1n) is 7.48. The number of pyridine rings is 1. The molecule has 0 saturated heterocycles. The highest BCUT2D eigenvalue weighted by atomic mass is 35.5. The average molecular weight is 420 g/mol. The van der Waals surface area contributed by atoms with Gasteiger partial charge in [0.2, 0.25) is 0 Å². The van der Waals surface area contributed by atoms with E-state index in [0.29, 0.717) is 5.56 Å². The molecular weight excluding hydrogens is 413 g/mol. The van der Waals surface area contributed by atoms with Crippen molar-refractivity contribution in [3.63, 3.8) is 0 Å². The second-order valence-electron chi connectivity index (χ2n) is 5.50. The third-order valence-corrected chi connectivity index (χ3v) is 4.28. The smallest absolute Gasteiger partial charge is 0.276 e. The summed E-state index contributed by atoms with van der Waals surface area (Å²) in [6.45, 7) is 0. The molecule has 0 fully saturated rings. The number of rotatable bonds is 5. The molecular formula is C17H7Cl2N3O6. The Hall–Kier alpha value is -3.43. The van der Waals surface area contributed by atoms with Crippen molar-refractivity contribution >= 4 is 56.0 Å². The first-order chi connectivity index (χ1) is 13.2. The second-order valence-corrected chi connectivity index (χ2v) is 6.19. The molecule has 11 heteroatoms. The molecule has 0 radical (unpaired) electrons. The SMILES string of the molecule is O=C(Cl)c1c(-c2ccccc2)nc2c([N+](=O)[O-])cc([N+](=O)[O-])cc2c1C(=O)Cl. The number of carbonyl (C=O) groups excluding carboxylic acids is 2. The summed E-state index contributed by atoms with van der Waals surface area (Å²) in [6, 6.07) is 9.64. The molecule has 0 aliphatic rings. The lowest BCUT2D eigenvalue weighted by Crippen LogP contribution is -2.09. The number of benzene rings is 2. The number of nitrogens with zero attached hydrogens (tertiary/aromatic N) is 3. The summed E-state index contributed by atoms with van der Waals surface area (Å²) >= 11 is 11.3. The number of halogens is 2. The molecule has 2 aromatic carbocycles. The molecule has 0 unspecified atom stereocenters. The van der Waals surface area contributed by atoms with E-state index in [2.05, 4.69) is 4.98 Å². The number of fused-ring (bicyclic) bond motifs is 1. The van der Waals surface area contributed by atoms with Crippen LogP contribution in [0.2, 0.25) is 0 Å². The van der Waals surface area contributed by atoms with Gasteiger partial charge >= 0.3 is 5.69 Å². The Balaban J connectivity index is 2.61. The molecule has 140 valence electrons. The first kappa shape index (κ1) is 19.3. The molecule has 0 aliphatic carbocycles. The van der Waals surface area contributed by atoms with Gasteiger partial charge in [-0.3, -0.25) is 29.8 Å². The van der Waals surface area contributed by atoms with Gasteiger partial charge in [-0.1, -0.05) is 30.3 Å². The number of hydrogen-bond acceptors (Lipinski definition) is 7. The van der Waals surface area contributed by atoms with E-state index >= 15 is 0 Å². The van der Waals surface area contributed by atoms with Crippen molar-refractivity contribution in [3.8, 4) is 11.3 Å². The molecule has 0 atom stereocenters. The highest BCUT2D eigenvalue weighted by Crippen LogP contribution is 2.38. The van der Waals surface area contributed by atoms with Crippen molar-refractivity contribution in [3.05, 3.63) is 73.8 Å². The Morgan fingerprint density at radius 2 is 1.50 bits per heavy atom. The zero-order valence-electron chi connectivity index (χ0n) is 13.6. The van der Waals surface area contributed by atoms with Crippen molar-refractivity contribution in [2.24, 2.45) is 0 Å². The summed E-state index contributed by atoms with van der Waals surface area (Å²) in [6.07, 6.45) is 0. The van der Waals surface area contributed by atoms with E-state index in [-0.39, 0.29) is 16.6 Å². The van der Waals surface area contributed by atoms with Crippen LogP contribution in [0.3, 0.4) is 0 Å². The molecule has 1 aromatic heterocycles. The monoisotopic (exact) mass is 419 g/mol. The zero-order chi connectivity index (χ0) is 20.6. The molecule has 0 N–H and O–H groups in total. The van der Waals surface area contributed by atoms with Gasteiger partial charge < -0.3 is 0 Å². The summed E-state index contributed by atoms with van der Waals surface area (Å²) in [4.78, 5) is 49.2. The summed E-state index contributed by atoms with van der Waals surface area (Å²) in [5.74, 6) is 0. The zero-order valence-corrected chi connectivity index (χ0v) is 15.1. The predicted octanol–water partition coefficient (Wildman–Crippen LogP) is 4.48. The molecule has 3 rings (SSSR count). The Labute approximate surface area is 165 Å². The van der Waals surface area contributed by atoms with E-state index < -0.39 is 42.8 Å². The summed E-state index contributed by atoms with van der Waals surface area (Å²) in [5.41, 5.74) is -2.35. The maximum atomic E-state index is 12.1. The predicted molar refractivity (Wildman–Crippen MR) is 101 cm³/mol. The Bertz CT molecular complexity index is 1180.